The van der Waals surface area contributed by atoms with Crippen molar-refractivity contribution in [1.82, 2.24) is 0 Å². The topological polar surface area (TPSA) is 258 Å². The zero-order valence-electron chi connectivity index (χ0n) is 23.3. The van der Waals surface area contributed by atoms with E-state index in [9.17, 15) is 50.8 Å². The standard InChI is InChI=1S/C28H32O16/c1-9-18(31)21(34)24(37)27(41-9)40-8-16-19(32)22(35)25(38)28(44-16)43-13-4-3-10(5-14(13)39-2)26-23(36)20(33)17-12(30)6-11(29)7-15(17)42-26/h3-7,9,16,18-19,21-22,24-25,27-32,34-38H,8H2,1-2H3/t9-,16-,18-,19-,21+,22+,24-,25-,27+,28-/m0/s1. The van der Waals surface area contributed by atoms with E-state index in [1.165, 1.54) is 32.2 Å². The minimum atomic E-state index is -1.77. The Balaban J connectivity index is 1.36. The van der Waals surface area contributed by atoms with Crippen molar-refractivity contribution in [3.63, 3.8) is 0 Å². The monoisotopic (exact) mass is 624 g/mol. The summed E-state index contributed by atoms with van der Waals surface area (Å²) < 4.78 is 33.2. The van der Waals surface area contributed by atoms with E-state index in [4.69, 9.17) is 28.1 Å². The summed E-state index contributed by atoms with van der Waals surface area (Å²) >= 11 is 0. The van der Waals surface area contributed by atoms with Gasteiger partial charge in [0.1, 0.15) is 65.2 Å². The van der Waals surface area contributed by atoms with Gasteiger partial charge in [-0.05, 0) is 25.1 Å². The fourth-order valence-corrected chi connectivity index (χ4v) is 4.99. The number of ether oxygens (including phenoxy) is 5. The van der Waals surface area contributed by atoms with Crippen LogP contribution < -0.4 is 14.9 Å². The van der Waals surface area contributed by atoms with E-state index >= 15 is 0 Å². The first-order valence-electron chi connectivity index (χ1n) is 13.4. The van der Waals surface area contributed by atoms with Crippen molar-refractivity contribution >= 4 is 11.0 Å². The molecule has 2 fully saturated rings. The fraction of sp³-hybridized carbons (Fsp3) is 0.464. The first-order chi connectivity index (χ1) is 20.8. The van der Waals surface area contributed by atoms with Crippen LogP contribution in [0, 0.1) is 0 Å². The van der Waals surface area contributed by atoms with E-state index in [0.29, 0.717) is 0 Å². The van der Waals surface area contributed by atoms with Crippen LogP contribution in [-0.4, -0.2) is 121 Å². The summed E-state index contributed by atoms with van der Waals surface area (Å²) in [6.07, 6.45) is -15.0. The van der Waals surface area contributed by atoms with Crippen LogP contribution in [0.15, 0.2) is 39.5 Å². The molecule has 1 aromatic heterocycles. The molecular formula is C28H32O16. The second kappa shape index (κ2) is 12.4. The van der Waals surface area contributed by atoms with Gasteiger partial charge >= 0.3 is 0 Å². The molecule has 3 aromatic rings. The van der Waals surface area contributed by atoms with Crippen LogP contribution >= 0.6 is 0 Å². The molecule has 44 heavy (non-hydrogen) atoms. The lowest BCUT2D eigenvalue weighted by molar-refractivity contribution is -0.318. The highest BCUT2D eigenvalue weighted by atomic mass is 16.7. The van der Waals surface area contributed by atoms with E-state index in [2.05, 4.69) is 0 Å². The summed E-state index contributed by atoms with van der Waals surface area (Å²) in [6, 6.07) is 5.99. The van der Waals surface area contributed by atoms with Gasteiger partial charge in [0.15, 0.2) is 23.5 Å². The third-order valence-electron chi connectivity index (χ3n) is 7.51. The number of aliphatic hydroxyl groups excluding tert-OH is 6. The fourth-order valence-electron chi connectivity index (χ4n) is 4.99. The van der Waals surface area contributed by atoms with Crippen LogP contribution in [-0.2, 0) is 14.2 Å². The Hall–Kier alpha value is -3.71. The minimum absolute atomic E-state index is 0.00660. The predicted octanol–water partition coefficient (Wildman–Crippen LogP) is -1.38. The van der Waals surface area contributed by atoms with Crippen molar-refractivity contribution in [2.24, 2.45) is 0 Å². The Morgan fingerprint density at radius 2 is 1.48 bits per heavy atom. The Kier molecular flexibility index (Phi) is 8.90. The van der Waals surface area contributed by atoms with E-state index in [1.54, 1.807) is 0 Å². The molecule has 0 spiro atoms. The third kappa shape index (κ3) is 5.74. The number of rotatable bonds is 7. The van der Waals surface area contributed by atoms with Crippen molar-refractivity contribution in [3.8, 4) is 40.1 Å². The lowest BCUT2D eigenvalue weighted by Crippen LogP contribution is -2.61. The number of aromatic hydroxyl groups is 3. The number of fused-ring (bicyclic) bond motifs is 1. The number of benzene rings is 2. The maximum absolute atomic E-state index is 12.7. The highest BCUT2D eigenvalue weighted by Crippen LogP contribution is 2.39. The van der Waals surface area contributed by atoms with E-state index in [1.807, 2.05) is 0 Å². The molecule has 0 aliphatic carbocycles. The number of phenols is 2. The first kappa shape index (κ1) is 31.7. The van der Waals surface area contributed by atoms with Gasteiger partial charge in [0.05, 0.1) is 19.8 Å². The molecule has 2 saturated heterocycles. The number of phenolic OH excluding ortho intramolecular Hbond substituents is 2. The normalized spacial score (nSPS) is 32.5. The lowest BCUT2D eigenvalue weighted by atomic mass is 9.98. The molecule has 9 N–H and O–H groups in total. The molecule has 2 aliphatic rings. The second-order valence-electron chi connectivity index (χ2n) is 10.5. The average Bonchev–Trinajstić information content (AvgIpc) is 2.99. The third-order valence-corrected chi connectivity index (χ3v) is 7.51. The highest BCUT2D eigenvalue weighted by molar-refractivity contribution is 5.88. The zero-order chi connectivity index (χ0) is 32.0. The van der Waals surface area contributed by atoms with Crippen molar-refractivity contribution < 1.29 is 74.1 Å². The number of hydrogen-bond acceptors (Lipinski definition) is 16. The predicted molar refractivity (Wildman–Crippen MR) is 145 cm³/mol. The van der Waals surface area contributed by atoms with Gasteiger partial charge < -0.3 is 74.1 Å². The lowest BCUT2D eigenvalue weighted by Gasteiger charge is -2.42. The molecule has 0 unspecified atom stereocenters. The molecule has 10 atom stereocenters. The number of hydrogen-bond donors (Lipinski definition) is 9. The maximum Gasteiger partial charge on any atom is 0.238 e. The Morgan fingerprint density at radius 1 is 0.795 bits per heavy atom. The molecule has 0 radical (unpaired) electrons. The quantitative estimate of drug-likeness (QED) is 0.147. The van der Waals surface area contributed by atoms with Gasteiger partial charge in [0, 0.05) is 17.7 Å². The molecule has 2 aliphatic heterocycles. The van der Waals surface area contributed by atoms with Gasteiger partial charge in [0.2, 0.25) is 17.5 Å². The minimum Gasteiger partial charge on any atom is -0.508 e. The molecule has 2 aromatic carbocycles. The van der Waals surface area contributed by atoms with Crippen molar-refractivity contribution in [3.05, 3.63) is 40.6 Å². The van der Waals surface area contributed by atoms with Gasteiger partial charge in [-0.2, -0.15) is 0 Å². The van der Waals surface area contributed by atoms with Crippen molar-refractivity contribution in [2.75, 3.05) is 13.7 Å². The molecule has 0 bridgehead atoms. The molecule has 16 heteroatoms. The van der Waals surface area contributed by atoms with Crippen molar-refractivity contribution in [2.45, 2.75) is 68.3 Å². The van der Waals surface area contributed by atoms with E-state index in [0.717, 1.165) is 12.1 Å². The van der Waals surface area contributed by atoms with E-state index < -0.39 is 84.9 Å². The van der Waals surface area contributed by atoms with Gasteiger partial charge in [-0.15, -0.1) is 0 Å². The molecule has 0 saturated carbocycles. The highest BCUT2D eigenvalue weighted by Gasteiger charge is 2.47. The molecule has 240 valence electrons. The summed E-state index contributed by atoms with van der Waals surface area (Å²) in [4.78, 5) is 12.7. The van der Waals surface area contributed by atoms with Gasteiger partial charge in [-0.3, -0.25) is 4.79 Å². The van der Waals surface area contributed by atoms with E-state index in [-0.39, 0.29) is 39.5 Å². The van der Waals surface area contributed by atoms with Crippen LogP contribution in [0.5, 0.6) is 28.7 Å². The average molecular weight is 625 g/mol. The van der Waals surface area contributed by atoms with Crippen LogP contribution in [0.25, 0.3) is 22.3 Å². The number of aliphatic hydroxyl groups is 6. The summed E-state index contributed by atoms with van der Waals surface area (Å²) in [5.74, 6) is -2.17. The van der Waals surface area contributed by atoms with Gasteiger partial charge in [-0.25, -0.2) is 0 Å². The van der Waals surface area contributed by atoms with Crippen LogP contribution in [0.4, 0.5) is 0 Å². The van der Waals surface area contributed by atoms with Crippen LogP contribution in [0.2, 0.25) is 0 Å². The first-order valence-corrected chi connectivity index (χ1v) is 13.4. The summed E-state index contributed by atoms with van der Waals surface area (Å²) in [6.45, 7) is 0.957. The number of methoxy groups -OCH3 is 1. The SMILES string of the molecule is COc1cc(-c2oc3cc(O)cc(O)c3c(=O)c2O)ccc1O[C@H]1O[C@@H](CO[C@@H]2O[C@@H](C)[C@H](O)[C@@H](O)[C@@H]2O)[C@H](O)[C@@H](O)[C@@H]1O. The molecule has 3 heterocycles. The van der Waals surface area contributed by atoms with Crippen molar-refractivity contribution in [1.29, 1.82) is 0 Å². The summed E-state index contributed by atoms with van der Waals surface area (Å²) in [5.41, 5.74) is -1.04. The molecule has 0 amide bonds. The largest absolute Gasteiger partial charge is 0.508 e. The zero-order valence-corrected chi connectivity index (χ0v) is 23.3. The second-order valence-corrected chi connectivity index (χ2v) is 10.5. The van der Waals surface area contributed by atoms with Gasteiger partial charge in [0.25, 0.3) is 0 Å². The smallest absolute Gasteiger partial charge is 0.238 e. The summed E-state index contributed by atoms with van der Waals surface area (Å²) in [5, 5.41) is 91.6. The Bertz CT molecular complexity index is 1560. The summed E-state index contributed by atoms with van der Waals surface area (Å²) in [7, 11) is 1.27. The Morgan fingerprint density at radius 3 is 2.18 bits per heavy atom. The molecule has 16 nitrogen and oxygen atoms in total. The molecule has 5 rings (SSSR count). The maximum atomic E-state index is 12.7. The Labute approximate surface area is 248 Å². The van der Waals surface area contributed by atoms with Gasteiger partial charge in [-0.1, -0.05) is 0 Å². The van der Waals surface area contributed by atoms with Crippen LogP contribution in [0.3, 0.4) is 0 Å². The van der Waals surface area contributed by atoms with Crippen LogP contribution in [0.1, 0.15) is 6.92 Å². The molecular weight excluding hydrogens is 592 g/mol.